The Morgan fingerprint density at radius 3 is 2.61 bits per heavy atom. The lowest BCUT2D eigenvalue weighted by atomic mass is 10.1. The summed E-state index contributed by atoms with van der Waals surface area (Å²) in [5.41, 5.74) is 0.689. The van der Waals surface area contributed by atoms with E-state index < -0.39 is 17.8 Å². The van der Waals surface area contributed by atoms with Crippen molar-refractivity contribution < 1.29 is 23.5 Å². The molecule has 3 rings (SSSR count). The number of benzene rings is 1. The summed E-state index contributed by atoms with van der Waals surface area (Å²) in [4.78, 5) is 35.9. The van der Waals surface area contributed by atoms with Crippen LogP contribution in [0, 0.1) is 0 Å². The topological polar surface area (TPSA) is 97.6 Å². The van der Waals surface area contributed by atoms with Crippen molar-refractivity contribution in [3.63, 3.8) is 0 Å². The van der Waals surface area contributed by atoms with E-state index in [1.165, 1.54) is 6.08 Å². The van der Waals surface area contributed by atoms with Crippen molar-refractivity contribution in [1.29, 1.82) is 0 Å². The number of thiocarbonyl (C=S) groups is 1. The quantitative estimate of drug-likeness (QED) is 0.335. The van der Waals surface area contributed by atoms with Crippen LogP contribution < -0.4 is 10.6 Å². The summed E-state index contributed by atoms with van der Waals surface area (Å²) in [6.07, 6.45) is 2.01. The van der Waals surface area contributed by atoms with E-state index in [1.807, 2.05) is 6.92 Å². The van der Waals surface area contributed by atoms with Crippen LogP contribution in [-0.4, -0.2) is 29.5 Å². The third kappa shape index (κ3) is 4.29. The van der Waals surface area contributed by atoms with Gasteiger partial charge in [-0.1, -0.05) is 18.5 Å². The van der Waals surface area contributed by atoms with Crippen LogP contribution >= 0.6 is 23.8 Å². The van der Waals surface area contributed by atoms with Crippen molar-refractivity contribution in [3.05, 3.63) is 52.3 Å². The zero-order valence-corrected chi connectivity index (χ0v) is 16.3. The fraction of sp³-hybridized carbons (Fsp3) is 0.158. The summed E-state index contributed by atoms with van der Waals surface area (Å²) in [5.74, 6) is -1.03. The number of esters is 1. The first-order chi connectivity index (χ1) is 13.4. The molecule has 2 amide bonds. The molecule has 2 heterocycles. The minimum absolute atomic E-state index is 0.0454. The van der Waals surface area contributed by atoms with Crippen molar-refractivity contribution in [1.82, 2.24) is 10.6 Å². The van der Waals surface area contributed by atoms with Gasteiger partial charge in [0.25, 0.3) is 11.8 Å². The molecule has 0 unspecified atom stereocenters. The van der Waals surface area contributed by atoms with E-state index in [9.17, 15) is 14.4 Å². The molecule has 0 aliphatic carbocycles. The number of ether oxygens (including phenoxy) is 1. The molecule has 1 aliphatic rings. The molecular weight excluding hydrogens is 404 g/mol. The minimum Gasteiger partial charge on any atom is -0.462 e. The van der Waals surface area contributed by atoms with Gasteiger partial charge in [-0.15, -0.1) is 0 Å². The number of amides is 2. The number of carbonyl (C=O) groups is 3. The molecule has 2 N–H and O–H groups in total. The Labute approximate surface area is 170 Å². The molecule has 0 spiro atoms. The minimum atomic E-state index is -0.612. The summed E-state index contributed by atoms with van der Waals surface area (Å²) in [6, 6.07) is 8.07. The summed E-state index contributed by atoms with van der Waals surface area (Å²) < 4.78 is 10.8. The molecule has 7 nitrogen and oxygen atoms in total. The van der Waals surface area contributed by atoms with Gasteiger partial charge in [0.15, 0.2) is 5.11 Å². The number of furan rings is 1. The number of hydrogen-bond donors (Lipinski definition) is 2. The highest BCUT2D eigenvalue weighted by atomic mass is 35.5. The molecule has 0 atom stereocenters. The van der Waals surface area contributed by atoms with Crippen LogP contribution in [0.4, 0.5) is 0 Å². The summed E-state index contributed by atoms with van der Waals surface area (Å²) in [6.45, 7) is 2.19. The van der Waals surface area contributed by atoms with Crippen LogP contribution in [0.2, 0.25) is 5.02 Å². The SMILES string of the molecule is CCCOC(=O)c1cc(-c2ccc(C=C3C(=O)NC(=S)NC3=O)o2)ccc1Cl. The van der Waals surface area contributed by atoms with E-state index in [0.717, 1.165) is 0 Å². The average molecular weight is 419 g/mol. The Balaban J connectivity index is 1.87. The first kappa shape index (κ1) is 19.8. The third-order valence-corrected chi connectivity index (χ3v) is 4.30. The summed E-state index contributed by atoms with van der Waals surface area (Å²) >= 11 is 10.8. The maximum Gasteiger partial charge on any atom is 0.339 e. The lowest BCUT2D eigenvalue weighted by Gasteiger charge is -2.15. The predicted octanol–water partition coefficient (Wildman–Crippen LogP) is 3.08. The fourth-order valence-electron chi connectivity index (χ4n) is 2.44. The molecule has 1 fully saturated rings. The smallest absolute Gasteiger partial charge is 0.339 e. The Bertz CT molecular complexity index is 990. The van der Waals surface area contributed by atoms with E-state index >= 15 is 0 Å². The van der Waals surface area contributed by atoms with Gasteiger partial charge in [-0.3, -0.25) is 20.2 Å². The van der Waals surface area contributed by atoms with E-state index in [0.29, 0.717) is 24.4 Å². The van der Waals surface area contributed by atoms with Gasteiger partial charge in [-0.05, 0) is 55.0 Å². The molecule has 9 heteroatoms. The first-order valence-electron chi connectivity index (χ1n) is 8.34. The Hall–Kier alpha value is -2.97. The molecule has 1 aromatic heterocycles. The van der Waals surface area contributed by atoms with Gasteiger partial charge in [0.05, 0.1) is 17.2 Å². The Kier molecular flexibility index (Phi) is 5.91. The van der Waals surface area contributed by atoms with Crippen molar-refractivity contribution in [2.24, 2.45) is 0 Å². The molecule has 1 aliphatic heterocycles. The molecule has 0 bridgehead atoms. The first-order valence-corrected chi connectivity index (χ1v) is 9.13. The second-order valence-electron chi connectivity index (χ2n) is 5.83. The molecule has 2 aromatic rings. The molecule has 0 saturated carbocycles. The number of carbonyl (C=O) groups excluding carboxylic acids is 3. The maximum absolute atomic E-state index is 12.1. The normalized spacial score (nSPS) is 13.8. The highest BCUT2D eigenvalue weighted by molar-refractivity contribution is 7.80. The Morgan fingerprint density at radius 1 is 1.21 bits per heavy atom. The zero-order chi connectivity index (χ0) is 20.3. The standard InChI is InChI=1S/C19H15ClN2O5S/c1-2-7-26-18(25)12-8-10(3-5-14(12)20)15-6-4-11(27-15)9-13-16(23)21-19(28)22-17(13)24/h3-6,8-9H,2,7H2,1H3,(H2,21,22,23,24,28). The van der Waals surface area contributed by atoms with Gasteiger partial charge in [0.1, 0.15) is 17.1 Å². The van der Waals surface area contributed by atoms with Crippen molar-refractivity contribution in [2.45, 2.75) is 13.3 Å². The van der Waals surface area contributed by atoms with E-state index in [1.54, 1.807) is 30.3 Å². The van der Waals surface area contributed by atoms with Crippen molar-refractivity contribution in [3.8, 4) is 11.3 Å². The highest BCUT2D eigenvalue weighted by Gasteiger charge is 2.26. The second-order valence-corrected chi connectivity index (χ2v) is 6.64. The van der Waals surface area contributed by atoms with Crippen LogP contribution in [0.5, 0.6) is 0 Å². The molecule has 0 radical (unpaired) electrons. The molecule has 144 valence electrons. The summed E-state index contributed by atoms with van der Waals surface area (Å²) in [5, 5.41) is 4.92. The van der Waals surface area contributed by atoms with E-state index in [2.05, 4.69) is 10.6 Å². The molecule has 1 saturated heterocycles. The van der Waals surface area contributed by atoms with Crippen molar-refractivity contribution >= 4 is 52.8 Å². The highest BCUT2D eigenvalue weighted by Crippen LogP contribution is 2.28. The van der Waals surface area contributed by atoms with Gasteiger partial charge in [-0.25, -0.2) is 4.79 Å². The Morgan fingerprint density at radius 2 is 1.93 bits per heavy atom. The van der Waals surface area contributed by atoms with Gasteiger partial charge >= 0.3 is 5.97 Å². The molecular formula is C19H15ClN2O5S. The van der Waals surface area contributed by atoms with E-state index in [4.69, 9.17) is 33.0 Å². The molecule has 1 aromatic carbocycles. The number of rotatable bonds is 5. The van der Waals surface area contributed by atoms with Gasteiger partial charge < -0.3 is 9.15 Å². The van der Waals surface area contributed by atoms with E-state index in [-0.39, 0.29) is 27.0 Å². The van der Waals surface area contributed by atoms with Crippen LogP contribution in [0.25, 0.3) is 17.4 Å². The lowest BCUT2D eigenvalue weighted by Crippen LogP contribution is -2.51. The number of halogens is 1. The van der Waals surface area contributed by atoms with Crippen LogP contribution in [0.15, 0.2) is 40.3 Å². The van der Waals surface area contributed by atoms with Crippen LogP contribution in [-0.2, 0) is 14.3 Å². The van der Waals surface area contributed by atoms with Crippen LogP contribution in [0.1, 0.15) is 29.5 Å². The van der Waals surface area contributed by atoms with Crippen LogP contribution in [0.3, 0.4) is 0 Å². The maximum atomic E-state index is 12.1. The van der Waals surface area contributed by atoms with Gasteiger partial charge in [-0.2, -0.15) is 0 Å². The number of nitrogens with one attached hydrogen (secondary N) is 2. The number of hydrogen-bond acceptors (Lipinski definition) is 6. The van der Waals surface area contributed by atoms with Gasteiger partial charge in [0, 0.05) is 5.56 Å². The monoisotopic (exact) mass is 418 g/mol. The largest absolute Gasteiger partial charge is 0.462 e. The zero-order valence-electron chi connectivity index (χ0n) is 14.7. The second kappa shape index (κ2) is 8.37. The third-order valence-electron chi connectivity index (χ3n) is 3.76. The fourth-order valence-corrected chi connectivity index (χ4v) is 2.82. The molecule has 28 heavy (non-hydrogen) atoms. The van der Waals surface area contributed by atoms with Crippen molar-refractivity contribution in [2.75, 3.05) is 6.61 Å². The lowest BCUT2D eigenvalue weighted by molar-refractivity contribution is -0.123. The summed E-state index contributed by atoms with van der Waals surface area (Å²) in [7, 11) is 0. The predicted molar refractivity (Wildman–Crippen MR) is 107 cm³/mol. The average Bonchev–Trinajstić information content (AvgIpc) is 3.11. The van der Waals surface area contributed by atoms with Gasteiger partial charge in [0.2, 0.25) is 0 Å².